The molecule has 4 aromatic rings. The highest BCUT2D eigenvalue weighted by atomic mass is 16.5. The first-order valence-electron chi connectivity index (χ1n) is 10.8. The van der Waals surface area contributed by atoms with Gasteiger partial charge in [0, 0.05) is 43.4 Å². The number of nitrogens with zero attached hydrogens (tertiary/aromatic N) is 2. The van der Waals surface area contributed by atoms with Gasteiger partial charge in [-0.05, 0) is 42.3 Å². The van der Waals surface area contributed by atoms with Crippen LogP contribution < -0.4 is 4.74 Å². The van der Waals surface area contributed by atoms with E-state index in [1.807, 2.05) is 36.5 Å². The summed E-state index contributed by atoms with van der Waals surface area (Å²) in [5, 5.41) is 8.10. The molecule has 1 atom stereocenters. The van der Waals surface area contributed by atoms with Crippen molar-refractivity contribution in [2.24, 2.45) is 0 Å². The van der Waals surface area contributed by atoms with Gasteiger partial charge in [0.05, 0.1) is 5.92 Å². The van der Waals surface area contributed by atoms with Gasteiger partial charge in [-0.15, -0.1) is 5.92 Å². The molecule has 0 aliphatic heterocycles. The molecule has 2 aromatic heterocycles. The van der Waals surface area contributed by atoms with Crippen molar-refractivity contribution in [3.05, 3.63) is 95.8 Å². The number of rotatable bonds is 8. The van der Waals surface area contributed by atoms with E-state index >= 15 is 0 Å². The zero-order valence-electron chi connectivity index (χ0n) is 18.9. The Bertz CT molecular complexity index is 1220. The summed E-state index contributed by atoms with van der Waals surface area (Å²) in [4.78, 5) is 15.5. The number of benzene rings is 2. The second-order valence-corrected chi connectivity index (χ2v) is 7.39. The van der Waals surface area contributed by atoms with E-state index in [-0.39, 0.29) is 5.92 Å². The second kappa shape index (κ2) is 12.2. The number of fused-ring (bicyclic) bond motifs is 1. The molecule has 0 radical (unpaired) electrons. The van der Waals surface area contributed by atoms with E-state index in [1.165, 1.54) is 5.56 Å². The highest BCUT2D eigenvalue weighted by Gasteiger charge is 2.09. The van der Waals surface area contributed by atoms with E-state index in [4.69, 9.17) is 9.84 Å². The molecule has 5 heteroatoms. The monoisotopic (exact) mass is 440 g/mol. The molecular formula is C28H28N2O3. The van der Waals surface area contributed by atoms with Crippen LogP contribution in [0.4, 0.5) is 0 Å². The summed E-state index contributed by atoms with van der Waals surface area (Å²) in [6.07, 6.45) is 5.25. The van der Waals surface area contributed by atoms with Crippen molar-refractivity contribution in [3.63, 3.8) is 0 Å². The van der Waals surface area contributed by atoms with Crippen LogP contribution in [0.3, 0.4) is 0 Å². The molecule has 0 saturated carbocycles. The van der Waals surface area contributed by atoms with Gasteiger partial charge < -0.3 is 19.2 Å². The minimum absolute atomic E-state index is 0.0666. The molecule has 4 rings (SSSR count). The van der Waals surface area contributed by atoms with Crippen molar-refractivity contribution in [1.82, 2.24) is 9.55 Å². The van der Waals surface area contributed by atoms with Crippen LogP contribution in [0.5, 0.6) is 5.75 Å². The third kappa shape index (κ3) is 6.31. The standard InChI is InChI=1S/C27H24N2O2.CH4O/c1-2-6-23(14-16-30)24-9-11-26(12-10-24)31-20-22-17-25-13-15-29(27(25)28-18-22)19-21-7-4-3-5-8-21;1-2/h3-5,7-13,15-18,23H,14,19-20H2,1H3;2H,1H3/t23-;/m0./s1. The van der Waals surface area contributed by atoms with Gasteiger partial charge in [-0.3, -0.25) is 0 Å². The van der Waals surface area contributed by atoms with Gasteiger partial charge in [0.1, 0.15) is 24.3 Å². The maximum Gasteiger partial charge on any atom is 0.140 e. The Morgan fingerprint density at radius 2 is 1.82 bits per heavy atom. The van der Waals surface area contributed by atoms with Gasteiger partial charge in [-0.1, -0.05) is 48.4 Å². The van der Waals surface area contributed by atoms with Crippen LogP contribution in [0.1, 0.15) is 36.0 Å². The number of aldehydes is 1. The number of aromatic nitrogens is 2. The second-order valence-electron chi connectivity index (χ2n) is 7.39. The Balaban J connectivity index is 0.00000149. The zero-order valence-corrected chi connectivity index (χ0v) is 18.9. The molecule has 0 bridgehead atoms. The summed E-state index contributed by atoms with van der Waals surface area (Å²) >= 11 is 0. The lowest BCUT2D eigenvalue weighted by atomic mass is 9.97. The lowest BCUT2D eigenvalue weighted by Crippen LogP contribution is -2.01. The van der Waals surface area contributed by atoms with Gasteiger partial charge in [-0.2, -0.15) is 0 Å². The maximum absolute atomic E-state index is 10.9. The highest BCUT2D eigenvalue weighted by molar-refractivity contribution is 5.76. The first-order chi connectivity index (χ1) is 16.3. The molecule has 0 spiro atoms. The molecule has 168 valence electrons. The summed E-state index contributed by atoms with van der Waals surface area (Å²) in [5.74, 6) is 6.68. The van der Waals surface area contributed by atoms with E-state index in [2.05, 4.69) is 64.0 Å². The summed E-state index contributed by atoms with van der Waals surface area (Å²) in [5.41, 5.74) is 4.26. The average molecular weight is 441 g/mol. The summed E-state index contributed by atoms with van der Waals surface area (Å²) in [6.45, 7) is 3.03. The Hall–Kier alpha value is -3.88. The number of hydrogen-bond donors (Lipinski definition) is 1. The lowest BCUT2D eigenvalue weighted by Gasteiger charge is -2.10. The molecule has 0 amide bonds. The molecule has 0 fully saturated rings. The van der Waals surface area contributed by atoms with Crippen LogP contribution in [0.2, 0.25) is 0 Å². The quantitative estimate of drug-likeness (QED) is 0.310. The smallest absolute Gasteiger partial charge is 0.140 e. The van der Waals surface area contributed by atoms with Gasteiger partial charge in [0.2, 0.25) is 0 Å². The van der Waals surface area contributed by atoms with Crippen molar-refractivity contribution < 1.29 is 14.6 Å². The minimum atomic E-state index is -0.0666. The summed E-state index contributed by atoms with van der Waals surface area (Å²) < 4.78 is 8.10. The Labute approximate surface area is 194 Å². The first-order valence-corrected chi connectivity index (χ1v) is 10.8. The number of aliphatic hydroxyl groups is 1. The van der Waals surface area contributed by atoms with Crippen molar-refractivity contribution in [2.45, 2.75) is 32.4 Å². The molecule has 0 aliphatic carbocycles. The normalized spacial score (nSPS) is 11.0. The van der Waals surface area contributed by atoms with E-state index in [0.29, 0.717) is 13.0 Å². The molecule has 2 aromatic carbocycles. The Kier molecular flexibility index (Phi) is 8.81. The van der Waals surface area contributed by atoms with Crippen LogP contribution in [0.15, 0.2) is 79.1 Å². The number of carbonyl (C=O) groups is 1. The predicted octanol–water partition coefficient (Wildman–Crippen LogP) is 4.97. The molecule has 2 heterocycles. The van der Waals surface area contributed by atoms with Gasteiger partial charge >= 0.3 is 0 Å². The lowest BCUT2D eigenvalue weighted by molar-refractivity contribution is -0.107. The molecule has 5 nitrogen and oxygen atoms in total. The van der Waals surface area contributed by atoms with E-state index in [9.17, 15) is 4.79 Å². The van der Waals surface area contributed by atoms with Crippen LogP contribution in [-0.4, -0.2) is 28.1 Å². The largest absolute Gasteiger partial charge is 0.489 e. The maximum atomic E-state index is 10.9. The van der Waals surface area contributed by atoms with Crippen LogP contribution >= 0.6 is 0 Å². The number of pyridine rings is 1. The Morgan fingerprint density at radius 3 is 2.52 bits per heavy atom. The third-order valence-electron chi connectivity index (χ3n) is 5.19. The van der Waals surface area contributed by atoms with E-state index in [1.54, 1.807) is 6.92 Å². The van der Waals surface area contributed by atoms with E-state index < -0.39 is 0 Å². The zero-order chi connectivity index (χ0) is 23.5. The number of carbonyl (C=O) groups excluding carboxylic acids is 1. The van der Waals surface area contributed by atoms with Crippen LogP contribution in [0.25, 0.3) is 11.0 Å². The molecule has 1 N–H and O–H groups in total. The highest BCUT2D eigenvalue weighted by Crippen LogP contribution is 2.23. The fourth-order valence-corrected chi connectivity index (χ4v) is 3.62. The number of hydrogen-bond acceptors (Lipinski definition) is 4. The average Bonchev–Trinajstić information content (AvgIpc) is 3.26. The number of aliphatic hydroxyl groups excluding tert-OH is 1. The first kappa shape index (κ1) is 23.8. The molecule has 0 aliphatic rings. The van der Waals surface area contributed by atoms with Crippen molar-refractivity contribution in [2.75, 3.05) is 7.11 Å². The van der Waals surface area contributed by atoms with Crippen molar-refractivity contribution >= 4 is 17.3 Å². The molecule has 0 saturated heterocycles. The number of ether oxygens (including phenoxy) is 1. The van der Waals surface area contributed by atoms with Gasteiger partial charge in [0.15, 0.2) is 0 Å². The molecular weight excluding hydrogens is 412 g/mol. The summed E-state index contributed by atoms with van der Waals surface area (Å²) in [7, 11) is 1.00. The minimum Gasteiger partial charge on any atom is -0.489 e. The van der Waals surface area contributed by atoms with Crippen molar-refractivity contribution in [1.29, 1.82) is 0 Å². The Morgan fingerprint density at radius 1 is 1.06 bits per heavy atom. The van der Waals surface area contributed by atoms with Crippen LogP contribution in [-0.2, 0) is 17.9 Å². The topological polar surface area (TPSA) is 64.3 Å². The fourth-order valence-electron chi connectivity index (χ4n) is 3.62. The van der Waals surface area contributed by atoms with Crippen molar-refractivity contribution in [3.8, 4) is 17.6 Å². The predicted molar refractivity (Wildman–Crippen MR) is 131 cm³/mol. The van der Waals surface area contributed by atoms with Gasteiger partial charge in [0.25, 0.3) is 0 Å². The molecule has 33 heavy (non-hydrogen) atoms. The van der Waals surface area contributed by atoms with E-state index in [0.717, 1.165) is 47.9 Å². The molecule has 0 unspecified atom stereocenters. The van der Waals surface area contributed by atoms with Crippen LogP contribution in [0, 0.1) is 11.8 Å². The summed E-state index contributed by atoms with van der Waals surface area (Å²) in [6, 6.07) is 22.4. The SMILES string of the molecule is CC#C[C@@H](CC=O)c1ccc(OCc2cnc3c(ccn3Cc3ccccc3)c2)cc1.CO. The third-order valence-corrected chi connectivity index (χ3v) is 5.19. The fraction of sp³-hybridized carbons (Fsp3) is 0.214. The van der Waals surface area contributed by atoms with Gasteiger partial charge in [-0.25, -0.2) is 4.98 Å².